The molecule has 0 radical (unpaired) electrons. The molecule has 2 rings (SSSR count). The van der Waals surface area contributed by atoms with Gasteiger partial charge in [-0.3, -0.25) is 5.32 Å². The fraction of sp³-hybridized carbons (Fsp3) is 0.211. The molecule has 0 saturated heterocycles. The first-order valence-electron chi connectivity index (χ1n) is 7.76. The lowest BCUT2D eigenvalue weighted by molar-refractivity contribution is 0.168. The van der Waals surface area contributed by atoms with Crippen LogP contribution in [0.25, 0.3) is 0 Å². The van der Waals surface area contributed by atoms with Crippen molar-refractivity contribution in [1.82, 2.24) is 0 Å². The molecule has 0 bridgehead atoms. The first-order chi connectivity index (χ1) is 11.6. The van der Waals surface area contributed by atoms with E-state index in [1.54, 1.807) is 19.1 Å². The number of ether oxygens (including phenoxy) is 1. The highest BCUT2D eigenvalue weighted by molar-refractivity contribution is 5.84. The van der Waals surface area contributed by atoms with Crippen molar-refractivity contribution in [3.63, 3.8) is 0 Å². The van der Waals surface area contributed by atoms with Gasteiger partial charge in [-0.15, -0.1) is 6.58 Å². The zero-order valence-electron chi connectivity index (χ0n) is 13.7. The van der Waals surface area contributed by atoms with E-state index in [0.717, 1.165) is 11.3 Å². The van der Waals surface area contributed by atoms with E-state index in [1.807, 2.05) is 30.3 Å². The lowest BCUT2D eigenvalue weighted by Crippen LogP contribution is -2.22. The molecule has 4 nitrogen and oxygen atoms in total. The van der Waals surface area contributed by atoms with E-state index in [9.17, 15) is 9.18 Å². The van der Waals surface area contributed by atoms with Crippen molar-refractivity contribution in [2.24, 2.45) is 0 Å². The number of halogens is 1. The summed E-state index contributed by atoms with van der Waals surface area (Å²) in [5, 5.41) is 2.66. The van der Waals surface area contributed by atoms with Gasteiger partial charge in [-0.05, 0) is 48.9 Å². The quantitative estimate of drug-likeness (QED) is 0.756. The van der Waals surface area contributed by atoms with Crippen LogP contribution in [0.5, 0.6) is 0 Å². The molecule has 0 aliphatic rings. The van der Waals surface area contributed by atoms with Gasteiger partial charge in [-0.25, -0.2) is 9.18 Å². The van der Waals surface area contributed by atoms with Crippen molar-refractivity contribution >= 4 is 17.5 Å². The van der Waals surface area contributed by atoms with Gasteiger partial charge in [0.05, 0.1) is 6.61 Å². The Morgan fingerprint density at radius 1 is 1.21 bits per heavy atom. The van der Waals surface area contributed by atoms with E-state index in [0.29, 0.717) is 25.4 Å². The Balaban J connectivity index is 2.08. The van der Waals surface area contributed by atoms with Crippen LogP contribution in [-0.2, 0) is 11.3 Å². The number of carbonyl (C=O) groups is 1. The minimum Gasteiger partial charge on any atom is -0.450 e. The topological polar surface area (TPSA) is 41.6 Å². The Hall–Kier alpha value is -2.82. The van der Waals surface area contributed by atoms with Crippen molar-refractivity contribution < 1.29 is 13.9 Å². The van der Waals surface area contributed by atoms with Gasteiger partial charge in [0.15, 0.2) is 0 Å². The van der Waals surface area contributed by atoms with Gasteiger partial charge in [0, 0.05) is 24.5 Å². The van der Waals surface area contributed by atoms with Gasteiger partial charge in [0.25, 0.3) is 0 Å². The Labute approximate surface area is 141 Å². The Bertz CT molecular complexity index is 669. The molecule has 0 aliphatic carbocycles. The number of hydrogen-bond acceptors (Lipinski definition) is 3. The number of nitrogens with one attached hydrogen (secondary N) is 1. The van der Waals surface area contributed by atoms with Crippen LogP contribution in [-0.4, -0.2) is 19.2 Å². The number of carbonyl (C=O) groups excluding carboxylic acids is 1. The van der Waals surface area contributed by atoms with E-state index in [2.05, 4.69) is 16.8 Å². The van der Waals surface area contributed by atoms with Gasteiger partial charge in [-0.1, -0.05) is 18.2 Å². The minimum absolute atomic E-state index is 0.247. The van der Waals surface area contributed by atoms with Crippen LogP contribution in [0.1, 0.15) is 12.5 Å². The molecule has 0 aliphatic heterocycles. The van der Waals surface area contributed by atoms with Gasteiger partial charge in [-0.2, -0.15) is 0 Å². The molecule has 0 spiro atoms. The predicted molar refractivity (Wildman–Crippen MR) is 94.7 cm³/mol. The standard InChI is InChI=1S/C19H21FN2O2/c1-3-13-22(14-15-5-7-16(20)8-6-15)18-11-9-17(10-12-18)21-19(23)24-4-2/h3,5-12H,1,4,13-14H2,2H3,(H,21,23). The van der Waals surface area contributed by atoms with Gasteiger partial charge >= 0.3 is 6.09 Å². The van der Waals surface area contributed by atoms with Crippen molar-refractivity contribution in [1.29, 1.82) is 0 Å². The first kappa shape index (κ1) is 17.5. The van der Waals surface area contributed by atoms with Crippen LogP contribution in [0.4, 0.5) is 20.6 Å². The molecule has 2 aromatic carbocycles. The summed E-state index contributed by atoms with van der Waals surface area (Å²) in [6, 6.07) is 13.9. The number of hydrogen-bond donors (Lipinski definition) is 1. The molecule has 0 aromatic heterocycles. The normalized spacial score (nSPS) is 10.1. The molecular formula is C19H21FN2O2. The van der Waals surface area contributed by atoms with Crippen LogP contribution < -0.4 is 10.2 Å². The van der Waals surface area contributed by atoms with Gasteiger partial charge in [0.2, 0.25) is 0 Å². The second kappa shape index (κ2) is 8.72. The molecule has 2 aromatic rings. The Kier molecular flexibility index (Phi) is 6.37. The Morgan fingerprint density at radius 3 is 2.46 bits per heavy atom. The molecule has 1 amide bonds. The lowest BCUT2D eigenvalue weighted by atomic mass is 10.2. The summed E-state index contributed by atoms with van der Waals surface area (Å²) in [7, 11) is 0. The summed E-state index contributed by atoms with van der Waals surface area (Å²) in [5.41, 5.74) is 2.65. The second-order valence-electron chi connectivity index (χ2n) is 5.19. The maximum atomic E-state index is 13.0. The third-order valence-corrected chi connectivity index (χ3v) is 3.39. The third kappa shape index (κ3) is 5.12. The van der Waals surface area contributed by atoms with Crippen molar-refractivity contribution in [2.75, 3.05) is 23.4 Å². The fourth-order valence-corrected chi connectivity index (χ4v) is 2.27. The second-order valence-corrected chi connectivity index (χ2v) is 5.19. The fourth-order valence-electron chi connectivity index (χ4n) is 2.27. The maximum Gasteiger partial charge on any atom is 0.411 e. The lowest BCUT2D eigenvalue weighted by Gasteiger charge is -2.24. The number of nitrogens with zero attached hydrogens (tertiary/aromatic N) is 1. The zero-order valence-corrected chi connectivity index (χ0v) is 13.7. The van der Waals surface area contributed by atoms with Gasteiger partial charge in [0.1, 0.15) is 5.82 Å². The van der Waals surface area contributed by atoms with Crippen LogP contribution >= 0.6 is 0 Å². The average molecular weight is 328 g/mol. The van der Waals surface area contributed by atoms with Crippen LogP contribution in [0, 0.1) is 5.82 Å². The van der Waals surface area contributed by atoms with E-state index in [-0.39, 0.29) is 5.82 Å². The molecule has 0 heterocycles. The molecule has 24 heavy (non-hydrogen) atoms. The number of rotatable bonds is 7. The Morgan fingerprint density at radius 2 is 1.88 bits per heavy atom. The van der Waals surface area contributed by atoms with Crippen molar-refractivity contribution in [3.8, 4) is 0 Å². The largest absolute Gasteiger partial charge is 0.450 e. The van der Waals surface area contributed by atoms with Gasteiger partial charge < -0.3 is 9.64 Å². The molecule has 0 fully saturated rings. The average Bonchev–Trinajstić information content (AvgIpc) is 2.57. The number of benzene rings is 2. The van der Waals surface area contributed by atoms with Crippen LogP contribution in [0.15, 0.2) is 61.2 Å². The van der Waals surface area contributed by atoms with E-state index < -0.39 is 6.09 Å². The van der Waals surface area contributed by atoms with E-state index in [1.165, 1.54) is 12.1 Å². The molecule has 5 heteroatoms. The third-order valence-electron chi connectivity index (χ3n) is 3.39. The SMILES string of the molecule is C=CCN(Cc1ccc(F)cc1)c1ccc(NC(=O)OCC)cc1. The minimum atomic E-state index is -0.473. The summed E-state index contributed by atoms with van der Waals surface area (Å²) in [6.45, 7) is 7.16. The van der Waals surface area contributed by atoms with Crippen molar-refractivity contribution in [3.05, 3.63) is 72.6 Å². The highest BCUT2D eigenvalue weighted by Crippen LogP contribution is 2.20. The highest BCUT2D eigenvalue weighted by atomic mass is 19.1. The van der Waals surface area contributed by atoms with Crippen LogP contribution in [0.3, 0.4) is 0 Å². The summed E-state index contributed by atoms with van der Waals surface area (Å²) < 4.78 is 17.9. The monoisotopic (exact) mass is 328 g/mol. The molecule has 0 atom stereocenters. The molecule has 1 N–H and O–H groups in total. The molecule has 0 saturated carbocycles. The summed E-state index contributed by atoms with van der Waals surface area (Å²) in [5.74, 6) is -0.247. The maximum absolute atomic E-state index is 13.0. The summed E-state index contributed by atoms with van der Waals surface area (Å²) in [6.07, 6.45) is 1.34. The van der Waals surface area contributed by atoms with Crippen LogP contribution in [0.2, 0.25) is 0 Å². The van der Waals surface area contributed by atoms with Crippen molar-refractivity contribution in [2.45, 2.75) is 13.5 Å². The molecule has 126 valence electrons. The highest BCUT2D eigenvalue weighted by Gasteiger charge is 2.07. The molecular weight excluding hydrogens is 307 g/mol. The zero-order chi connectivity index (χ0) is 17.4. The smallest absolute Gasteiger partial charge is 0.411 e. The van der Waals surface area contributed by atoms with E-state index >= 15 is 0 Å². The van der Waals surface area contributed by atoms with E-state index in [4.69, 9.17) is 4.74 Å². The predicted octanol–water partition coefficient (Wildman–Crippen LogP) is 4.59. The number of amides is 1. The summed E-state index contributed by atoms with van der Waals surface area (Å²) >= 11 is 0. The summed E-state index contributed by atoms with van der Waals surface area (Å²) in [4.78, 5) is 13.5. The number of anilines is 2. The molecule has 0 unspecified atom stereocenters. The first-order valence-corrected chi connectivity index (χ1v) is 7.76.